The lowest BCUT2D eigenvalue weighted by atomic mass is 9.81. The summed E-state index contributed by atoms with van der Waals surface area (Å²) in [6, 6.07) is 15.8. The maximum absolute atomic E-state index is 15.2. The SMILES string of the molecule is Cc1cc(C(=O)NC[C@@H](c2ccccc2)c2cc3c(c(-c4cc(Cl)c(F)cc4F)n2)OC[C@]3(C)C(N)=O)cc(C=N)c1N. The van der Waals surface area contributed by atoms with E-state index >= 15 is 4.39 Å². The lowest BCUT2D eigenvalue weighted by molar-refractivity contribution is -0.123. The fourth-order valence-electron chi connectivity index (χ4n) is 5.12. The maximum Gasteiger partial charge on any atom is 0.251 e. The molecule has 0 bridgehead atoms. The summed E-state index contributed by atoms with van der Waals surface area (Å²) in [6.45, 7) is 3.32. The summed E-state index contributed by atoms with van der Waals surface area (Å²) in [5, 5.41) is 10.2. The number of ether oxygens (including phenoxy) is 1. The Morgan fingerprint density at radius 3 is 2.56 bits per heavy atom. The fourth-order valence-corrected chi connectivity index (χ4v) is 5.29. The Bertz CT molecular complexity index is 1780. The molecule has 0 aliphatic carbocycles. The topological polar surface area (TPSA) is 144 Å². The number of halogens is 3. The summed E-state index contributed by atoms with van der Waals surface area (Å²) in [7, 11) is 0. The molecule has 0 saturated heterocycles. The maximum atomic E-state index is 15.2. The summed E-state index contributed by atoms with van der Waals surface area (Å²) in [5.41, 5.74) is 13.8. The Kier molecular flexibility index (Phi) is 7.90. The summed E-state index contributed by atoms with van der Waals surface area (Å²) < 4.78 is 35.1. The first-order valence-corrected chi connectivity index (χ1v) is 13.7. The van der Waals surface area contributed by atoms with Crippen molar-refractivity contribution >= 4 is 35.3 Å². The highest BCUT2D eigenvalue weighted by Gasteiger charge is 2.44. The van der Waals surface area contributed by atoms with Gasteiger partial charge in [-0.2, -0.15) is 0 Å². The van der Waals surface area contributed by atoms with Crippen LogP contribution >= 0.6 is 11.6 Å². The van der Waals surface area contributed by atoms with Crippen LogP contribution in [0.25, 0.3) is 11.3 Å². The molecule has 5 rings (SSSR count). The van der Waals surface area contributed by atoms with Crippen LogP contribution in [0.4, 0.5) is 14.5 Å². The molecule has 1 aliphatic rings. The predicted octanol–water partition coefficient (Wildman–Crippen LogP) is 5.27. The average molecular weight is 604 g/mol. The van der Waals surface area contributed by atoms with Crippen molar-refractivity contribution in [2.45, 2.75) is 25.2 Å². The second-order valence-corrected chi connectivity index (χ2v) is 11.0. The fraction of sp³-hybridized carbons (Fsp3) is 0.188. The molecule has 2 amide bonds. The van der Waals surface area contributed by atoms with Crippen molar-refractivity contribution in [3.8, 4) is 17.0 Å². The summed E-state index contributed by atoms with van der Waals surface area (Å²) in [4.78, 5) is 30.7. The molecule has 11 heteroatoms. The van der Waals surface area contributed by atoms with E-state index in [1.165, 1.54) is 6.07 Å². The molecule has 220 valence electrons. The standard InChI is InChI=1S/C32H28ClF2N5O3/c1-16-8-18(9-19(13-36)27(16)37)30(41)39-14-21(17-6-4-3-5-7-17)26-11-22-29(43-15-32(22,2)31(38)42)28(40-26)20-10-23(33)25(35)12-24(20)34/h3-13,21,36H,14-15,37H2,1-2H3,(H2,38,42)(H,39,41)/t21-,32-/m0/s1. The number of nitrogens with one attached hydrogen (secondary N) is 2. The number of carbonyl (C=O) groups is 2. The minimum atomic E-state index is -1.27. The summed E-state index contributed by atoms with van der Waals surface area (Å²) >= 11 is 6.02. The number of nitrogen functional groups attached to an aromatic ring is 1. The van der Waals surface area contributed by atoms with E-state index in [0.29, 0.717) is 39.7 Å². The molecule has 2 heterocycles. The third-order valence-electron chi connectivity index (χ3n) is 7.76. The lowest BCUT2D eigenvalue weighted by Crippen LogP contribution is -2.40. The van der Waals surface area contributed by atoms with Crippen LogP contribution in [-0.2, 0) is 10.2 Å². The highest BCUT2D eigenvalue weighted by molar-refractivity contribution is 6.31. The first-order valence-electron chi connectivity index (χ1n) is 13.3. The van der Waals surface area contributed by atoms with Gasteiger partial charge in [-0.1, -0.05) is 41.9 Å². The van der Waals surface area contributed by atoms with Crippen molar-refractivity contribution in [3.63, 3.8) is 0 Å². The van der Waals surface area contributed by atoms with Gasteiger partial charge in [-0.15, -0.1) is 0 Å². The van der Waals surface area contributed by atoms with Crippen LogP contribution in [0.1, 0.15) is 51.1 Å². The van der Waals surface area contributed by atoms with Crippen LogP contribution in [0.15, 0.2) is 60.7 Å². The van der Waals surface area contributed by atoms with Crippen LogP contribution in [0.2, 0.25) is 5.02 Å². The molecule has 0 fully saturated rings. The quantitative estimate of drug-likeness (QED) is 0.123. The number of hydrogen-bond donors (Lipinski definition) is 4. The number of fused-ring (bicyclic) bond motifs is 1. The van der Waals surface area contributed by atoms with Gasteiger partial charge in [0, 0.05) is 52.7 Å². The van der Waals surface area contributed by atoms with Gasteiger partial charge in [0.25, 0.3) is 5.91 Å². The molecule has 2 atom stereocenters. The van der Waals surface area contributed by atoms with E-state index in [4.69, 9.17) is 38.2 Å². The molecule has 8 nitrogen and oxygen atoms in total. The number of hydrogen-bond acceptors (Lipinski definition) is 6. The molecular formula is C32H28ClF2N5O3. The normalized spacial score (nSPS) is 16.2. The predicted molar refractivity (Wildman–Crippen MR) is 161 cm³/mol. The van der Waals surface area contributed by atoms with Crippen LogP contribution < -0.4 is 21.5 Å². The number of carbonyl (C=O) groups excluding carboxylic acids is 2. The lowest BCUT2D eigenvalue weighted by Gasteiger charge is -2.23. The van der Waals surface area contributed by atoms with Gasteiger partial charge in [0.15, 0.2) is 0 Å². The van der Waals surface area contributed by atoms with Gasteiger partial charge in [0.2, 0.25) is 5.91 Å². The third-order valence-corrected chi connectivity index (χ3v) is 8.05. The first-order chi connectivity index (χ1) is 20.4. The molecule has 3 aromatic carbocycles. The molecular weight excluding hydrogens is 576 g/mol. The monoisotopic (exact) mass is 603 g/mol. The van der Waals surface area contributed by atoms with E-state index in [9.17, 15) is 14.0 Å². The van der Waals surface area contributed by atoms with Gasteiger partial charge < -0.3 is 26.9 Å². The summed E-state index contributed by atoms with van der Waals surface area (Å²) in [5.74, 6) is -3.36. The zero-order valence-electron chi connectivity index (χ0n) is 23.3. The third kappa shape index (κ3) is 5.41. The Hall–Kier alpha value is -4.83. The number of primary amides is 1. The number of aryl methyl sites for hydroxylation is 1. The molecule has 6 N–H and O–H groups in total. The molecule has 0 saturated carbocycles. The largest absolute Gasteiger partial charge is 0.489 e. The highest BCUT2D eigenvalue weighted by atomic mass is 35.5. The van der Waals surface area contributed by atoms with Crippen molar-refractivity contribution in [2.24, 2.45) is 5.73 Å². The van der Waals surface area contributed by atoms with E-state index in [-0.39, 0.29) is 35.2 Å². The van der Waals surface area contributed by atoms with Gasteiger partial charge in [0.1, 0.15) is 35.1 Å². The van der Waals surface area contributed by atoms with Crippen molar-refractivity contribution < 1.29 is 23.1 Å². The van der Waals surface area contributed by atoms with Gasteiger partial charge in [-0.25, -0.2) is 13.8 Å². The van der Waals surface area contributed by atoms with Crippen molar-refractivity contribution in [1.29, 1.82) is 5.41 Å². The molecule has 1 aliphatic heterocycles. The Morgan fingerprint density at radius 1 is 1.16 bits per heavy atom. The number of benzene rings is 3. The minimum Gasteiger partial charge on any atom is -0.489 e. The number of rotatable bonds is 8. The van der Waals surface area contributed by atoms with E-state index in [1.54, 1.807) is 26.0 Å². The second kappa shape index (κ2) is 11.4. The highest BCUT2D eigenvalue weighted by Crippen LogP contribution is 2.46. The minimum absolute atomic E-state index is 0.0221. The Morgan fingerprint density at radius 2 is 1.88 bits per heavy atom. The van der Waals surface area contributed by atoms with E-state index in [0.717, 1.165) is 17.8 Å². The van der Waals surface area contributed by atoms with Crippen molar-refractivity contribution in [3.05, 3.63) is 111 Å². The van der Waals surface area contributed by atoms with E-state index in [1.807, 2.05) is 30.3 Å². The zero-order valence-corrected chi connectivity index (χ0v) is 24.1. The number of aromatic nitrogens is 1. The number of nitrogens with zero attached hydrogens (tertiary/aromatic N) is 1. The second-order valence-electron chi connectivity index (χ2n) is 10.6. The van der Waals surface area contributed by atoms with E-state index in [2.05, 4.69) is 5.32 Å². The number of pyridine rings is 1. The molecule has 0 spiro atoms. The molecule has 0 radical (unpaired) electrons. The first kappa shape index (κ1) is 29.7. The van der Waals surface area contributed by atoms with E-state index < -0.39 is 34.8 Å². The average Bonchev–Trinajstić information content (AvgIpc) is 3.34. The smallest absolute Gasteiger partial charge is 0.251 e. The molecule has 43 heavy (non-hydrogen) atoms. The van der Waals surface area contributed by atoms with Gasteiger partial charge in [-0.05, 0) is 49.2 Å². The molecule has 4 aromatic rings. The van der Waals surface area contributed by atoms with Crippen molar-refractivity contribution in [1.82, 2.24) is 10.3 Å². The zero-order chi connectivity index (χ0) is 31.1. The van der Waals surface area contributed by atoms with Crippen LogP contribution in [0.5, 0.6) is 5.75 Å². The Labute approximate surface area is 251 Å². The number of amides is 2. The van der Waals surface area contributed by atoms with Crippen LogP contribution in [0, 0.1) is 24.0 Å². The van der Waals surface area contributed by atoms with Crippen LogP contribution in [0.3, 0.4) is 0 Å². The van der Waals surface area contributed by atoms with Gasteiger partial charge >= 0.3 is 0 Å². The van der Waals surface area contributed by atoms with Gasteiger partial charge in [0.05, 0.1) is 10.7 Å². The number of nitrogens with two attached hydrogens (primary N) is 2. The van der Waals surface area contributed by atoms with Gasteiger partial charge in [-0.3, -0.25) is 9.59 Å². The number of anilines is 1. The molecule has 1 aromatic heterocycles. The summed E-state index contributed by atoms with van der Waals surface area (Å²) in [6.07, 6.45) is 1.08. The van der Waals surface area contributed by atoms with Crippen molar-refractivity contribution in [2.75, 3.05) is 18.9 Å². The Balaban J connectivity index is 1.64. The molecule has 0 unspecified atom stereocenters. The van der Waals surface area contributed by atoms with Crippen LogP contribution in [-0.4, -0.2) is 36.2 Å².